The van der Waals surface area contributed by atoms with Crippen LogP contribution in [0.2, 0.25) is 0 Å². The molecule has 4 aromatic rings. The number of amides is 1. The quantitative estimate of drug-likeness (QED) is 0.110. The lowest BCUT2D eigenvalue weighted by atomic mass is 9.61. The molecule has 0 radical (unpaired) electrons. The van der Waals surface area contributed by atoms with Crippen LogP contribution in [0, 0.1) is 11.3 Å². The summed E-state index contributed by atoms with van der Waals surface area (Å²) in [7, 11) is 1.25. The van der Waals surface area contributed by atoms with E-state index in [2.05, 4.69) is 0 Å². The molecule has 0 bridgehead atoms. The highest BCUT2D eigenvalue weighted by Crippen LogP contribution is 2.69. The van der Waals surface area contributed by atoms with Crippen LogP contribution in [-0.2, 0) is 40.0 Å². The first-order valence-electron chi connectivity index (χ1n) is 16.5. The van der Waals surface area contributed by atoms with E-state index in [0.717, 1.165) is 22.3 Å². The minimum absolute atomic E-state index is 0.00288. The minimum atomic E-state index is -1.44. The zero-order valence-electron chi connectivity index (χ0n) is 27.9. The van der Waals surface area contributed by atoms with Crippen LogP contribution < -0.4 is 0 Å². The van der Waals surface area contributed by atoms with Gasteiger partial charge in [0.2, 0.25) is 5.91 Å². The van der Waals surface area contributed by atoms with Crippen molar-refractivity contribution in [2.45, 2.75) is 48.6 Å². The Morgan fingerprint density at radius 1 is 0.780 bits per heavy atom. The zero-order valence-corrected chi connectivity index (χ0v) is 28.7. The van der Waals surface area contributed by atoms with Gasteiger partial charge in [-0.1, -0.05) is 127 Å². The summed E-state index contributed by atoms with van der Waals surface area (Å²) >= 11 is 1.44. The summed E-state index contributed by atoms with van der Waals surface area (Å²) in [4.78, 5) is 58.5. The predicted octanol–water partition coefficient (Wildman–Crippen LogP) is 6.62. The summed E-state index contributed by atoms with van der Waals surface area (Å²) in [5.74, 6) is -4.29. The average Bonchev–Trinajstić information content (AvgIpc) is 3.66. The van der Waals surface area contributed by atoms with Crippen molar-refractivity contribution in [1.82, 2.24) is 4.90 Å². The van der Waals surface area contributed by atoms with E-state index in [4.69, 9.17) is 14.2 Å². The third-order valence-corrected chi connectivity index (χ3v) is 11.6. The molecule has 7 rings (SSSR count). The maximum atomic E-state index is 15.0. The van der Waals surface area contributed by atoms with Crippen molar-refractivity contribution in [2.24, 2.45) is 11.3 Å². The molecule has 5 atom stereocenters. The Morgan fingerprint density at radius 3 is 1.88 bits per heavy atom. The summed E-state index contributed by atoms with van der Waals surface area (Å²) in [5.41, 5.74) is 1.78. The van der Waals surface area contributed by atoms with Gasteiger partial charge in [0, 0.05) is 16.2 Å². The number of fused-ring (bicyclic) bond motifs is 2. The van der Waals surface area contributed by atoms with Crippen molar-refractivity contribution >= 4 is 35.6 Å². The molecular weight excluding hydrogens is 651 g/mol. The van der Waals surface area contributed by atoms with E-state index >= 15 is 0 Å². The Hall–Kier alpha value is -5.15. The number of β-lactam (4-membered cyclic amide) rings is 1. The first-order valence-corrected chi connectivity index (χ1v) is 17.4. The van der Waals surface area contributed by atoms with Gasteiger partial charge in [-0.3, -0.25) is 9.59 Å². The minimum Gasteiger partial charge on any atom is -0.469 e. The van der Waals surface area contributed by atoms with Crippen LogP contribution >= 0.6 is 11.8 Å². The van der Waals surface area contributed by atoms with Gasteiger partial charge in [-0.15, -0.1) is 11.8 Å². The zero-order chi connectivity index (χ0) is 35.0. The topological polar surface area (TPSA) is 99.2 Å². The van der Waals surface area contributed by atoms with Crippen LogP contribution in [-0.4, -0.2) is 52.0 Å². The van der Waals surface area contributed by atoms with Gasteiger partial charge in [-0.25, -0.2) is 9.59 Å². The summed E-state index contributed by atoms with van der Waals surface area (Å²) in [6, 6.07) is 36.6. The lowest BCUT2D eigenvalue weighted by molar-refractivity contribution is -0.187. The van der Waals surface area contributed by atoms with Gasteiger partial charge in [0.1, 0.15) is 24.0 Å². The van der Waals surface area contributed by atoms with Crippen molar-refractivity contribution in [2.75, 3.05) is 7.11 Å². The van der Waals surface area contributed by atoms with E-state index in [-0.39, 0.29) is 12.2 Å². The van der Waals surface area contributed by atoms with E-state index in [9.17, 15) is 19.2 Å². The second kappa shape index (κ2) is 13.3. The Kier molecular flexibility index (Phi) is 8.86. The van der Waals surface area contributed by atoms with Gasteiger partial charge in [0.25, 0.3) is 0 Å². The van der Waals surface area contributed by atoms with Gasteiger partial charge < -0.3 is 19.1 Å². The molecule has 3 aliphatic rings. The van der Waals surface area contributed by atoms with Crippen molar-refractivity contribution in [3.05, 3.63) is 155 Å². The first kappa shape index (κ1) is 33.4. The van der Waals surface area contributed by atoms with Crippen molar-refractivity contribution in [3.63, 3.8) is 0 Å². The van der Waals surface area contributed by atoms with Crippen LogP contribution in [0.4, 0.5) is 0 Å². The Morgan fingerprint density at radius 2 is 1.32 bits per heavy atom. The van der Waals surface area contributed by atoms with Crippen LogP contribution in [0.25, 0.3) is 0 Å². The Bertz CT molecular complexity index is 1890. The number of carbonyl (C=O) groups is 4. The average molecular weight is 688 g/mol. The van der Waals surface area contributed by atoms with Gasteiger partial charge in [0.15, 0.2) is 6.10 Å². The number of esters is 3. The second-order valence-electron chi connectivity index (χ2n) is 13.3. The van der Waals surface area contributed by atoms with Gasteiger partial charge in [-0.2, -0.15) is 0 Å². The molecule has 2 aliphatic heterocycles. The molecule has 0 saturated carbocycles. The standard InChI is InChI=1S/C41H37NO7S/c1-40(2)34(37(45)49-33(28-20-12-6-13-21-28)29-22-14-7-15-23-29)42-38(46)41(39(42)50-40)31(27-18-10-5-11-19-27)24-30(32(41)36(44)47-3)35(43)48-25-26-16-8-4-9-17-26/h4-24,31-34,39H,25H2,1-3H3/t31-,32-,34+,39-,41-/m1/s1. The molecule has 1 aliphatic carbocycles. The number of allylic oxidation sites excluding steroid dienone is 1. The number of hydrogen-bond acceptors (Lipinski definition) is 8. The molecule has 1 amide bonds. The second-order valence-corrected chi connectivity index (χ2v) is 15.0. The van der Waals surface area contributed by atoms with E-state index in [1.807, 2.05) is 135 Å². The maximum absolute atomic E-state index is 15.0. The van der Waals surface area contributed by atoms with Crippen LogP contribution in [0.3, 0.4) is 0 Å². The third-order valence-electron chi connectivity index (χ3n) is 9.97. The largest absolute Gasteiger partial charge is 0.469 e. The molecule has 0 N–H and O–H groups in total. The summed E-state index contributed by atoms with van der Waals surface area (Å²) in [6.07, 6.45) is 0.994. The van der Waals surface area contributed by atoms with Crippen LogP contribution in [0.5, 0.6) is 0 Å². The summed E-state index contributed by atoms with van der Waals surface area (Å²) in [5, 5.41) is -0.653. The lowest BCUT2D eigenvalue weighted by Gasteiger charge is -2.56. The van der Waals surface area contributed by atoms with Gasteiger partial charge >= 0.3 is 17.9 Å². The molecule has 0 aromatic heterocycles. The molecule has 0 unspecified atom stereocenters. The van der Waals surface area contributed by atoms with E-state index in [0.29, 0.717) is 0 Å². The van der Waals surface area contributed by atoms with Crippen molar-refractivity contribution in [3.8, 4) is 0 Å². The van der Waals surface area contributed by atoms with E-state index in [1.165, 1.54) is 18.9 Å². The highest BCUT2D eigenvalue weighted by Gasteiger charge is 2.79. The number of rotatable bonds is 9. The maximum Gasteiger partial charge on any atom is 0.334 e. The number of thioether (sulfide) groups is 1. The third kappa shape index (κ3) is 5.50. The first-order chi connectivity index (χ1) is 24.2. The summed E-state index contributed by atoms with van der Waals surface area (Å²) < 4.78 is 16.5. The highest BCUT2D eigenvalue weighted by molar-refractivity contribution is 8.01. The predicted molar refractivity (Wildman–Crippen MR) is 188 cm³/mol. The summed E-state index contributed by atoms with van der Waals surface area (Å²) in [6.45, 7) is 3.81. The molecule has 9 heteroatoms. The monoisotopic (exact) mass is 687 g/mol. The number of carbonyl (C=O) groups excluding carboxylic acids is 4. The molecule has 2 heterocycles. The van der Waals surface area contributed by atoms with Crippen molar-refractivity contribution in [1.29, 1.82) is 0 Å². The molecule has 50 heavy (non-hydrogen) atoms. The van der Waals surface area contributed by atoms with Crippen LogP contribution in [0.15, 0.2) is 133 Å². The SMILES string of the molecule is COC(=O)[C@H]1C(C(=O)OCc2ccccc2)=C[C@H](c2ccccc2)[C@]12C(=O)N1[C@@H](C(=O)OC(c3ccccc3)c3ccccc3)C(C)(C)S[C@@H]12. The molecule has 4 aromatic carbocycles. The highest BCUT2D eigenvalue weighted by atomic mass is 32.2. The molecule has 2 fully saturated rings. The number of methoxy groups -OCH3 is 1. The molecular formula is C41H37NO7S. The molecule has 254 valence electrons. The fourth-order valence-corrected chi connectivity index (χ4v) is 9.55. The Labute approximate surface area is 295 Å². The smallest absolute Gasteiger partial charge is 0.334 e. The number of ether oxygens (including phenoxy) is 3. The van der Waals surface area contributed by atoms with E-state index < -0.39 is 63.3 Å². The molecule has 1 spiro atoms. The van der Waals surface area contributed by atoms with Gasteiger partial charge in [-0.05, 0) is 36.1 Å². The fourth-order valence-electron chi connectivity index (χ4n) is 7.72. The number of hydrogen-bond donors (Lipinski definition) is 0. The number of nitrogens with zero attached hydrogens (tertiary/aromatic N) is 1. The number of benzene rings is 4. The van der Waals surface area contributed by atoms with Crippen molar-refractivity contribution < 1.29 is 33.4 Å². The molecule has 2 saturated heterocycles. The normalized spacial score (nSPS) is 24.7. The Balaban J connectivity index is 1.25. The van der Waals surface area contributed by atoms with E-state index in [1.54, 1.807) is 11.0 Å². The lowest BCUT2D eigenvalue weighted by Crippen LogP contribution is -2.73. The van der Waals surface area contributed by atoms with Gasteiger partial charge in [0.05, 0.1) is 12.5 Å². The fraction of sp³-hybridized carbons (Fsp3) is 0.268. The van der Waals surface area contributed by atoms with Crippen LogP contribution in [0.1, 0.15) is 48.1 Å². The molecule has 8 nitrogen and oxygen atoms in total.